The lowest BCUT2D eigenvalue weighted by Gasteiger charge is -2.31. The van der Waals surface area contributed by atoms with Gasteiger partial charge in [-0.15, -0.1) is 0 Å². The Bertz CT molecular complexity index is 344. The van der Waals surface area contributed by atoms with E-state index in [4.69, 9.17) is 5.11 Å². The Morgan fingerprint density at radius 1 is 1.15 bits per heavy atom. The third-order valence-electron chi connectivity index (χ3n) is 4.23. The van der Waals surface area contributed by atoms with Crippen molar-refractivity contribution in [2.45, 2.75) is 70.8 Å². The minimum Gasteiger partial charge on any atom is -0.481 e. The molecule has 0 spiro atoms. The van der Waals surface area contributed by atoms with Gasteiger partial charge in [0.15, 0.2) is 0 Å². The van der Waals surface area contributed by atoms with Crippen LogP contribution >= 0.6 is 0 Å². The van der Waals surface area contributed by atoms with Crippen molar-refractivity contribution in [3.05, 3.63) is 0 Å². The number of aliphatic carboxylic acids is 1. The number of hydrogen-bond acceptors (Lipinski definition) is 3. The maximum atomic E-state index is 12.2. The Morgan fingerprint density at radius 3 is 2.15 bits per heavy atom. The molecule has 1 rings (SSSR count). The summed E-state index contributed by atoms with van der Waals surface area (Å²) in [4.78, 5) is 23.8. The highest BCUT2D eigenvalue weighted by Crippen LogP contribution is 2.38. The van der Waals surface area contributed by atoms with Crippen LogP contribution in [0.1, 0.15) is 65.2 Å². The number of aliphatic hydroxyl groups is 1. The Kier molecular flexibility index (Phi) is 5.99. The first-order valence-corrected chi connectivity index (χ1v) is 7.47. The van der Waals surface area contributed by atoms with Gasteiger partial charge in [0, 0.05) is 18.6 Å². The highest BCUT2D eigenvalue weighted by Gasteiger charge is 2.41. The maximum Gasteiger partial charge on any atom is 0.310 e. The fourth-order valence-corrected chi connectivity index (χ4v) is 2.94. The Hall–Kier alpha value is -1.10. The van der Waals surface area contributed by atoms with Crippen molar-refractivity contribution in [3.8, 4) is 0 Å². The van der Waals surface area contributed by atoms with E-state index in [1.165, 1.54) is 0 Å². The molecular weight excluding hydrogens is 258 g/mol. The monoisotopic (exact) mass is 285 g/mol. The molecule has 5 nitrogen and oxygen atoms in total. The molecule has 0 radical (unpaired) electrons. The van der Waals surface area contributed by atoms with Crippen molar-refractivity contribution < 1.29 is 19.8 Å². The van der Waals surface area contributed by atoms with Crippen LogP contribution in [0.5, 0.6) is 0 Å². The van der Waals surface area contributed by atoms with E-state index in [1.807, 2.05) is 13.8 Å². The Morgan fingerprint density at radius 2 is 1.70 bits per heavy atom. The number of rotatable bonds is 6. The van der Waals surface area contributed by atoms with Crippen molar-refractivity contribution >= 4 is 11.9 Å². The molecule has 0 unspecified atom stereocenters. The topological polar surface area (TPSA) is 86.6 Å². The van der Waals surface area contributed by atoms with E-state index in [0.29, 0.717) is 19.3 Å². The van der Waals surface area contributed by atoms with E-state index in [2.05, 4.69) is 5.32 Å². The minimum absolute atomic E-state index is 0.00263. The lowest BCUT2D eigenvalue weighted by Crippen LogP contribution is -2.47. The molecule has 0 heterocycles. The third kappa shape index (κ3) is 4.78. The van der Waals surface area contributed by atoms with Gasteiger partial charge in [-0.3, -0.25) is 9.59 Å². The molecule has 116 valence electrons. The molecule has 1 fully saturated rings. The fourth-order valence-electron chi connectivity index (χ4n) is 2.94. The van der Waals surface area contributed by atoms with Gasteiger partial charge in [0.25, 0.3) is 0 Å². The predicted molar refractivity (Wildman–Crippen MR) is 76.3 cm³/mol. The molecule has 0 aromatic rings. The quantitative estimate of drug-likeness (QED) is 0.652. The zero-order chi connectivity index (χ0) is 15.2. The fraction of sp³-hybridized carbons (Fsp3) is 0.867. The van der Waals surface area contributed by atoms with Gasteiger partial charge in [-0.1, -0.05) is 25.7 Å². The lowest BCUT2D eigenvalue weighted by atomic mass is 9.77. The molecule has 5 heteroatoms. The van der Waals surface area contributed by atoms with Crippen LogP contribution < -0.4 is 5.32 Å². The summed E-state index contributed by atoms with van der Waals surface area (Å²) in [5, 5.41) is 21.4. The number of carboxylic acids is 1. The van der Waals surface area contributed by atoms with E-state index < -0.39 is 16.9 Å². The number of carbonyl (C=O) groups excluding carboxylic acids is 1. The summed E-state index contributed by atoms with van der Waals surface area (Å²) in [7, 11) is 0. The zero-order valence-electron chi connectivity index (χ0n) is 12.6. The van der Waals surface area contributed by atoms with Gasteiger partial charge < -0.3 is 15.5 Å². The summed E-state index contributed by atoms with van der Waals surface area (Å²) in [6, 6.07) is 0. The predicted octanol–water partition coefficient (Wildman–Crippen LogP) is 2.08. The largest absolute Gasteiger partial charge is 0.481 e. The van der Waals surface area contributed by atoms with Gasteiger partial charge >= 0.3 is 5.97 Å². The molecule has 0 aromatic carbocycles. The van der Waals surface area contributed by atoms with Crippen LogP contribution in [0, 0.1) is 5.41 Å². The Balaban J connectivity index is 2.70. The van der Waals surface area contributed by atoms with Gasteiger partial charge in [0.05, 0.1) is 5.41 Å². The molecule has 20 heavy (non-hydrogen) atoms. The standard InChI is InChI=1S/C15H27NO4/c1-14(2,9-10-17)16-12(18)11-15(13(19)20)7-5-3-4-6-8-15/h17H,3-11H2,1-2H3,(H,16,18)(H,19,20). The summed E-state index contributed by atoms with van der Waals surface area (Å²) in [5.41, 5.74) is -1.41. The molecule has 0 aliphatic heterocycles. The first-order valence-electron chi connectivity index (χ1n) is 7.47. The van der Waals surface area contributed by atoms with E-state index in [-0.39, 0.29) is 18.9 Å². The molecule has 0 bridgehead atoms. The van der Waals surface area contributed by atoms with Crippen LogP contribution in [0.3, 0.4) is 0 Å². The summed E-state index contributed by atoms with van der Waals surface area (Å²) < 4.78 is 0. The lowest BCUT2D eigenvalue weighted by molar-refractivity contribution is -0.153. The van der Waals surface area contributed by atoms with Crippen LogP contribution in [0.25, 0.3) is 0 Å². The molecule has 1 saturated carbocycles. The minimum atomic E-state index is -0.907. The van der Waals surface area contributed by atoms with Crippen LogP contribution in [-0.4, -0.2) is 34.2 Å². The highest BCUT2D eigenvalue weighted by molar-refractivity contribution is 5.85. The Labute approximate surface area is 120 Å². The molecule has 1 aliphatic carbocycles. The van der Waals surface area contributed by atoms with Crippen molar-refractivity contribution in [2.75, 3.05) is 6.61 Å². The van der Waals surface area contributed by atoms with Gasteiger partial charge in [-0.25, -0.2) is 0 Å². The average Bonchev–Trinajstić information content (AvgIpc) is 2.54. The van der Waals surface area contributed by atoms with Crippen molar-refractivity contribution in [1.29, 1.82) is 0 Å². The van der Waals surface area contributed by atoms with E-state index >= 15 is 0 Å². The second-order valence-electron chi connectivity index (χ2n) is 6.58. The zero-order valence-corrected chi connectivity index (χ0v) is 12.6. The maximum absolute atomic E-state index is 12.2. The van der Waals surface area contributed by atoms with Gasteiger partial charge in [-0.05, 0) is 33.1 Å². The number of amides is 1. The van der Waals surface area contributed by atoms with E-state index in [0.717, 1.165) is 25.7 Å². The molecule has 0 saturated heterocycles. The van der Waals surface area contributed by atoms with E-state index in [1.54, 1.807) is 0 Å². The second kappa shape index (κ2) is 7.07. The summed E-state index contributed by atoms with van der Waals surface area (Å²) in [6.45, 7) is 3.67. The number of carboxylic acid groups (broad SMARTS) is 1. The van der Waals surface area contributed by atoms with Gasteiger partial charge in [0.2, 0.25) is 5.91 Å². The highest BCUT2D eigenvalue weighted by atomic mass is 16.4. The van der Waals surface area contributed by atoms with Crippen LogP contribution in [-0.2, 0) is 9.59 Å². The number of nitrogens with one attached hydrogen (secondary N) is 1. The summed E-state index contributed by atoms with van der Waals surface area (Å²) >= 11 is 0. The molecule has 1 aliphatic rings. The van der Waals surface area contributed by atoms with Crippen molar-refractivity contribution in [2.24, 2.45) is 5.41 Å². The molecule has 0 atom stereocenters. The van der Waals surface area contributed by atoms with Gasteiger partial charge in [0.1, 0.15) is 0 Å². The number of carbonyl (C=O) groups is 2. The SMILES string of the molecule is CC(C)(CCO)NC(=O)CC1(C(=O)O)CCCCCC1. The first kappa shape index (κ1) is 17.0. The normalized spacial score (nSPS) is 19.1. The van der Waals surface area contributed by atoms with Crippen molar-refractivity contribution in [1.82, 2.24) is 5.32 Å². The molecule has 0 aromatic heterocycles. The number of aliphatic hydroxyl groups excluding tert-OH is 1. The van der Waals surface area contributed by atoms with Crippen LogP contribution in [0.2, 0.25) is 0 Å². The van der Waals surface area contributed by atoms with Crippen molar-refractivity contribution in [3.63, 3.8) is 0 Å². The molecule has 1 amide bonds. The van der Waals surface area contributed by atoms with Crippen LogP contribution in [0.15, 0.2) is 0 Å². The summed E-state index contributed by atoms with van der Waals surface area (Å²) in [5.74, 6) is -1.08. The first-order chi connectivity index (χ1) is 9.31. The average molecular weight is 285 g/mol. The molecular formula is C15H27NO4. The summed E-state index contributed by atoms with van der Waals surface area (Å²) in [6.07, 6.45) is 5.50. The van der Waals surface area contributed by atoms with E-state index in [9.17, 15) is 14.7 Å². The number of hydrogen-bond donors (Lipinski definition) is 3. The molecule has 3 N–H and O–H groups in total. The smallest absolute Gasteiger partial charge is 0.310 e. The van der Waals surface area contributed by atoms with Gasteiger partial charge in [-0.2, -0.15) is 0 Å². The third-order valence-corrected chi connectivity index (χ3v) is 4.23. The second-order valence-corrected chi connectivity index (χ2v) is 6.58. The van der Waals surface area contributed by atoms with Crippen LogP contribution in [0.4, 0.5) is 0 Å².